The van der Waals surface area contributed by atoms with Gasteiger partial charge in [-0.15, -0.1) is 0 Å². The van der Waals surface area contributed by atoms with Gasteiger partial charge in [-0.2, -0.15) is 14.9 Å². The van der Waals surface area contributed by atoms with Gasteiger partial charge in [0.15, 0.2) is 0 Å². The fourth-order valence-electron chi connectivity index (χ4n) is 1.70. The predicted octanol–water partition coefficient (Wildman–Crippen LogP) is 3.13. The van der Waals surface area contributed by atoms with E-state index in [1.807, 2.05) is 26.8 Å². The van der Waals surface area contributed by atoms with Gasteiger partial charge in [0.25, 0.3) is 5.56 Å². The first kappa shape index (κ1) is 15.6. The molecule has 1 N–H and O–H groups in total. The minimum Gasteiger partial charge on any atom is -0.265 e. The standard InChI is InChI=1S/C14H15ClN4OS/c1-14(2,3)11-12(20)19(13(21)18-17-11)16-8-9-5-4-6-10(15)7-9/h4-8H,1-3H3,(H,18,21)/b16-8-. The smallest absolute Gasteiger partial charge is 0.265 e. The van der Waals surface area contributed by atoms with E-state index in [-0.39, 0.29) is 10.3 Å². The summed E-state index contributed by atoms with van der Waals surface area (Å²) >= 11 is 11.0. The minimum atomic E-state index is -0.399. The molecule has 0 bridgehead atoms. The number of rotatable bonds is 2. The summed E-state index contributed by atoms with van der Waals surface area (Å²) < 4.78 is 1.27. The van der Waals surface area contributed by atoms with Crippen LogP contribution in [-0.2, 0) is 5.41 Å². The largest absolute Gasteiger partial charge is 0.297 e. The second kappa shape index (κ2) is 5.91. The Morgan fingerprint density at radius 2 is 2.14 bits per heavy atom. The van der Waals surface area contributed by atoms with E-state index in [4.69, 9.17) is 23.8 Å². The number of hydrogen-bond acceptors (Lipinski definition) is 4. The Balaban J connectivity index is 2.50. The van der Waals surface area contributed by atoms with Crippen LogP contribution in [-0.4, -0.2) is 21.1 Å². The lowest BCUT2D eigenvalue weighted by Gasteiger charge is -2.16. The molecule has 0 aliphatic rings. The molecule has 0 aliphatic carbocycles. The van der Waals surface area contributed by atoms with Crippen molar-refractivity contribution in [3.05, 3.63) is 55.7 Å². The van der Waals surface area contributed by atoms with E-state index >= 15 is 0 Å². The van der Waals surface area contributed by atoms with Crippen molar-refractivity contribution in [3.8, 4) is 0 Å². The van der Waals surface area contributed by atoms with Gasteiger partial charge in [-0.25, -0.2) is 0 Å². The molecular formula is C14H15ClN4OS. The summed E-state index contributed by atoms with van der Waals surface area (Å²) in [5.41, 5.74) is 0.422. The van der Waals surface area contributed by atoms with Crippen molar-refractivity contribution in [2.45, 2.75) is 26.2 Å². The van der Waals surface area contributed by atoms with Crippen molar-refractivity contribution in [1.29, 1.82) is 0 Å². The van der Waals surface area contributed by atoms with Crippen molar-refractivity contribution in [3.63, 3.8) is 0 Å². The zero-order valence-electron chi connectivity index (χ0n) is 11.9. The summed E-state index contributed by atoms with van der Waals surface area (Å²) in [6, 6.07) is 7.15. The molecule has 5 nitrogen and oxygen atoms in total. The highest BCUT2D eigenvalue weighted by atomic mass is 35.5. The first-order valence-electron chi connectivity index (χ1n) is 6.31. The Labute approximate surface area is 132 Å². The molecule has 110 valence electrons. The fourth-order valence-corrected chi connectivity index (χ4v) is 2.07. The van der Waals surface area contributed by atoms with Crippen LogP contribution in [0.15, 0.2) is 34.2 Å². The van der Waals surface area contributed by atoms with Crippen LogP contribution in [0.25, 0.3) is 0 Å². The van der Waals surface area contributed by atoms with Crippen molar-refractivity contribution in [1.82, 2.24) is 14.9 Å². The normalized spacial score (nSPS) is 12.0. The van der Waals surface area contributed by atoms with Gasteiger partial charge in [-0.3, -0.25) is 9.89 Å². The molecule has 0 spiro atoms. The average Bonchev–Trinajstić information content (AvgIpc) is 2.37. The minimum absolute atomic E-state index is 0.145. The van der Waals surface area contributed by atoms with Gasteiger partial charge in [0.1, 0.15) is 5.69 Å². The van der Waals surface area contributed by atoms with Gasteiger partial charge >= 0.3 is 0 Å². The molecule has 1 aromatic heterocycles. The summed E-state index contributed by atoms with van der Waals surface area (Å²) in [7, 11) is 0. The summed E-state index contributed by atoms with van der Waals surface area (Å²) in [4.78, 5) is 12.4. The van der Waals surface area contributed by atoms with E-state index in [2.05, 4.69) is 15.3 Å². The highest BCUT2D eigenvalue weighted by Crippen LogP contribution is 2.15. The molecule has 2 rings (SSSR count). The summed E-state index contributed by atoms with van der Waals surface area (Å²) in [5, 5.41) is 11.4. The summed E-state index contributed by atoms with van der Waals surface area (Å²) in [6.45, 7) is 5.70. The number of H-pyrrole nitrogens is 1. The van der Waals surface area contributed by atoms with Gasteiger partial charge in [0, 0.05) is 10.4 Å². The van der Waals surface area contributed by atoms with E-state index in [0.717, 1.165) is 10.2 Å². The Morgan fingerprint density at radius 1 is 1.43 bits per heavy atom. The third-order valence-electron chi connectivity index (χ3n) is 2.73. The fraction of sp³-hybridized carbons (Fsp3) is 0.286. The molecule has 0 radical (unpaired) electrons. The predicted molar refractivity (Wildman–Crippen MR) is 86.8 cm³/mol. The van der Waals surface area contributed by atoms with Gasteiger partial charge in [-0.1, -0.05) is 44.5 Å². The molecule has 21 heavy (non-hydrogen) atoms. The SMILES string of the molecule is CC(C)(C)c1n[nH]c(=S)n(/N=C\c2cccc(Cl)c2)c1=O. The molecule has 0 amide bonds. The maximum absolute atomic E-state index is 12.4. The molecule has 1 aromatic carbocycles. The highest BCUT2D eigenvalue weighted by Gasteiger charge is 2.21. The number of nitrogens with zero attached hydrogens (tertiary/aromatic N) is 3. The number of hydrogen-bond donors (Lipinski definition) is 1. The Bertz CT molecular complexity index is 802. The van der Waals surface area contributed by atoms with Crippen LogP contribution in [0.5, 0.6) is 0 Å². The van der Waals surface area contributed by atoms with Crippen LogP contribution in [0.1, 0.15) is 32.0 Å². The molecular weight excluding hydrogens is 308 g/mol. The van der Waals surface area contributed by atoms with Crippen LogP contribution in [0.4, 0.5) is 0 Å². The Hall–Kier alpha value is -1.79. The number of benzene rings is 1. The number of aromatic nitrogens is 3. The second-order valence-electron chi connectivity index (χ2n) is 5.54. The Morgan fingerprint density at radius 3 is 2.76 bits per heavy atom. The van der Waals surface area contributed by atoms with Crippen molar-refractivity contribution in [2.24, 2.45) is 5.10 Å². The summed E-state index contributed by atoms with van der Waals surface area (Å²) in [5.74, 6) is 0. The molecule has 1 heterocycles. The van der Waals surface area contributed by atoms with Crippen LogP contribution in [0.3, 0.4) is 0 Å². The summed E-state index contributed by atoms with van der Waals surface area (Å²) in [6.07, 6.45) is 1.53. The zero-order valence-corrected chi connectivity index (χ0v) is 13.5. The van der Waals surface area contributed by atoms with Gasteiger partial charge in [0.05, 0.1) is 6.21 Å². The molecule has 0 atom stereocenters. The lowest BCUT2D eigenvalue weighted by atomic mass is 9.93. The van der Waals surface area contributed by atoms with Crippen LogP contribution < -0.4 is 5.56 Å². The average molecular weight is 323 g/mol. The van der Waals surface area contributed by atoms with Crippen molar-refractivity contribution >= 4 is 30.0 Å². The molecule has 2 aromatic rings. The monoisotopic (exact) mass is 322 g/mol. The van der Waals surface area contributed by atoms with E-state index in [1.54, 1.807) is 18.2 Å². The maximum Gasteiger partial charge on any atom is 0.297 e. The zero-order chi connectivity index (χ0) is 15.6. The van der Waals surface area contributed by atoms with Gasteiger partial charge in [-0.05, 0) is 29.9 Å². The lowest BCUT2D eigenvalue weighted by molar-refractivity contribution is 0.529. The molecule has 0 saturated carbocycles. The van der Waals surface area contributed by atoms with Crippen LogP contribution in [0, 0.1) is 4.77 Å². The molecule has 0 aliphatic heterocycles. The van der Waals surface area contributed by atoms with Crippen LogP contribution >= 0.6 is 23.8 Å². The third-order valence-corrected chi connectivity index (χ3v) is 3.23. The van der Waals surface area contributed by atoms with Crippen molar-refractivity contribution in [2.75, 3.05) is 0 Å². The van der Waals surface area contributed by atoms with Crippen molar-refractivity contribution < 1.29 is 0 Å². The highest BCUT2D eigenvalue weighted by molar-refractivity contribution is 7.71. The first-order valence-corrected chi connectivity index (χ1v) is 7.10. The maximum atomic E-state index is 12.4. The molecule has 0 unspecified atom stereocenters. The third kappa shape index (κ3) is 3.65. The van der Waals surface area contributed by atoms with Gasteiger partial charge in [0.2, 0.25) is 4.77 Å². The first-order chi connectivity index (χ1) is 9.79. The topological polar surface area (TPSA) is 63.0 Å². The van der Waals surface area contributed by atoms with Crippen LogP contribution in [0.2, 0.25) is 5.02 Å². The van der Waals surface area contributed by atoms with E-state index < -0.39 is 5.41 Å². The molecule has 0 fully saturated rings. The quantitative estimate of drug-likeness (QED) is 0.682. The lowest BCUT2D eigenvalue weighted by Crippen LogP contribution is -2.32. The second-order valence-corrected chi connectivity index (χ2v) is 6.37. The van der Waals surface area contributed by atoms with E-state index in [9.17, 15) is 4.79 Å². The van der Waals surface area contributed by atoms with Gasteiger partial charge < -0.3 is 0 Å². The number of aromatic amines is 1. The molecule has 7 heteroatoms. The number of nitrogens with one attached hydrogen (secondary N) is 1. The number of halogens is 1. The Kier molecular flexibility index (Phi) is 4.39. The molecule has 0 saturated heterocycles. The van der Waals surface area contributed by atoms with E-state index in [1.165, 1.54) is 6.21 Å². The van der Waals surface area contributed by atoms with E-state index in [0.29, 0.717) is 10.7 Å².